The van der Waals surface area contributed by atoms with Gasteiger partial charge in [0.15, 0.2) is 4.96 Å². The van der Waals surface area contributed by atoms with Gasteiger partial charge >= 0.3 is 0 Å². The first-order chi connectivity index (χ1) is 12.6. The number of hydrogen-bond acceptors (Lipinski definition) is 4. The highest BCUT2D eigenvalue weighted by molar-refractivity contribution is 7.15. The molecule has 0 atom stereocenters. The largest absolute Gasteiger partial charge is 0.340 e. The predicted molar refractivity (Wildman–Crippen MR) is 102 cm³/mol. The quantitative estimate of drug-likeness (QED) is 0.589. The molecule has 26 heavy (non-hydrogen) atoms. The molecular weight excluding hydrogens is 346 g/mol. The molecule has 1 aromatic carbocycles. The molecular formula is C19H19N5OS. The van der Waals surface area contributed by atoms with Crippen LogP contribution in [0.15, 0.2) is 48.2 Å². The molecule has 0 unspecified atom stereocenters. The van der Waals surface area contributed by atoms with Crippen molar-refractivity contribution >= 4 is 22.2 Å². The Morgan fingerprint density at radius 3 is 2.96 bits per heavy atom. The average Bonchev–Trinajstić information content (AvgIpc) is 3.36. The summed E-state index contributed by atoms with van der Waals surface area (Å²) in [5, 5.41) is 8.60. The number of aryl methyl sites for hydroxylation is 1. The fourth-order valence-electron chi connectivity index (χ4n) is 2.94. The van der Waals surface area contributed by atoms with Gasteiger partial charge in [-0.25, -0.2) is 4.98 Å². The van der Waals surface area contributed by atoms with E-state index in [-0.39, 0.29) is 5.91 Å². The monoisotopic (exact) mass is 365 g/mol. The molecule has 132 valence electrons. The van der Waals surface area contributed by atoms with Crippen LogP contribution in [0.5, 0.6) is 0 Å². The number of likely N-dealkylation sites (N-methyl/N-ethyl adjacent to an activating group) is 1. The summed E-state index contributed by atoms with van der Waals surface area (Å²) in [4.78, 5) is 20.1. The first-order valence-corrected chi connectivity index (χ1v) is 9.27. The molecule has 0 aliphatic carbocycles. The standard InChI is InChI=1S/C19H19N5OS/c1-13-5-3-4-6-15(13)16-11-24-17(12-26-19(24)22-16)18(25)23(2)8-7-14-9-20-21-10-14/h3-6,9-12H,7-8H2,1-2H3,(H,20,21). The SMILES string of the molecule is Cc1ccccc1-c1cn2c(C(=O)N(C)CCc3cn[nH]c3)csc2n1. The number of benzene rings is 1. The number of carbonyl (C=O) groups is 1. The van der Waals surface area contributed by atoms with Crippen molar-refractivity contribution in [1.82, 2.24) is 24.5 Å². The van der Waals surface area contributed by atoms with E-state index in [0.717, 1.165) is 28.2 Å². The highest BCUT2D eigenvalue weighted by Crippen LogP contribution is 2.26. The van der Waals surface area contributed by atoms with Crippen molar-refractivity contribution in [1.29, 1.82) is 0 Å². The molecule has 3 heterocycles. The second kappa shape index (κ2) is 6.76. The topological polar surface area (TPSA) is 66.3 Å². The number of nitrogens with one attached hydrogen (secondary N) is 1. The van der Waals surface area contributed by atoms with Gasteiger partial charge in [0, 0.05) is 36.9 Å². The molecule has 3 aromatic heterocycles. The zero-order chi connectivity index (χ0) is 18.1. The lowest BCUT2D eigenvalue weighted by Gasteiger charge is -2.16. The molecule has 0 aliphatic heterocycles. The number of amides is 1. The fourth-order valence-corrected chi connectivity index (χ4v) is 3.78. The van der Waals surface area contributed by atoms with Gasteiger partial charge in [0.1, 0.15) is 5.69 Å². The van der Waals surface area contributed by atoms with E-state index in [1.165, 1.54) is 16.9 Å². The summed E-state index contributed by atoms with van der Waals surface area (Å²) in [6.07, 6.45) is 6.35. The third-order valence-corrected chi connectivity index (χ3v) is 5.33. The summed E-state index contributed by atoms with van der Waals surface area (Å²) in [6.45, 7) is 2.70. The van der Waals surface area contributed by atoms with E-state index in [1.807, 2.05) is 41.4 Å². The molecule has 0 bridgehead atoms. The van der Waals surface area contributed by atoms with Crippen molar-refractivity contribution < 1.29 is 4.79 Å². The number of nitrogens with zero attached hydrogens (tertiary/aromatic N) is 4. The Kier molecular flexibility index (Phi) is 4.30. The first-order valence-electron chi connectivity index (χ1n) is 8.39. The highest BCUT2D eigenvalue weighted by Gasteiger charge is 2.19. The zero-order valence-electron chi connectivity index (χ0n) is 14.6. The van der Waals surface area contributed by atoms with E-state index in [9.17, 15) is 4.79 Å². The minimum atomic E-state index is -0.00604. The zero-order valence-corrected chi connectivity index (χ0v) is 15.5. The van der Waals surface area contributed by atoms with E-state index >= 15 is 0 Å². The Morgan fingerprint density at radius 1 is 1.35 bits per heavy atom. The number of carbonyl (C=O) groups excluding carboxylic acids is 1. The maximum absolute atomic E-state index is 12.9. The maximum atomic E-state index is 12.9. The molecule has 6 nitrogen and oxygen atoms in total. The van der Waals surface area contributed by atoms with Crippen LogP contribution >= 0.6 is 11.3 Å². The maximum Gasteiger partial charge on any atom is 0.271 e. The molecule has 0 saturated carbocycles. The van der Waals surface area contributed by atoms with Gasteiger partial charge in [-0.3, -0.25) is 14.3 Å². The third kappa shape index (κ3) is 3.01. The van der Waals surface area contributed by atoms with Gasteiger partial charge in [-0.15, -0.1) is 11.3 Å². The summed E-state index contributed by atoms with van der Waals surface area (Å²) in [7, 11) is 1.82. The molecule has 4 rings (SSSR count). The Hall–Kier alpha value is -2.93. The molecule has 0 saturated heterocycles. The van der Waals surface area contributed by atoms with Crippen LogP contribution in [0.4, 0.5) is 0 Å². The molecule has 0 aliphatic rings. The summed E-state index contributed by atoms with van der Waals surface area (Å²) >= 11 is 1.49. The summed E-state index contributed by atoms with van der Waals surface area (Å²) < 4.78 is 1.89. The van der Waals surface area contributed by atoms with Crippen molar-refractivity contribution in [3.8, 4) is 11.3 Å². The van der Waals surface area contributed by atoms with Crippen molar-refractivity contribution in [3.63, 3.8) is 0 Å². The van der Waals surface area contributed by atoms with Crippen LogP contribution in [-0.4, -0.2) is 44.0 Å². The molecule has 1 amide bonds. The van der Waals surface area contributed by atoms with E-state index in [1.54, 1.807) is 11.1 Å². The van der Waals surface area contributed by atoms with E-state index < -0.39 is 0 Å². The van der Waals surface area contributed by atoms with Crippen LogP contribution in [0.3, 0.4) is 0 Å². The molecule has 1 N–H and O–H groups in total. The smallest absolute Gasteiger partial charge is 0.271 e. The Bertz CT molecular complexity index is 1050. The number of H-pyrrole nitrogens is 1. The molecule has 0 radical (unpaired) electrons. The lowest BCUT2D eigenvalue weighted by atomic mass is 10.1. The van der Waals surface area contributed by atoms with Crippen LogP contribution in [0, 0.1) is 6.92 Å². The molecule has 0 fully saturated rings. The van der Waals surface area contributed by atoms with Crippen molar-refractivity contribution in [2.24, 2.45) is 0 Å². The minimum absolute atomic E-state index is 0.00604. The van der Waals surface area contributed by atoms with Crippen LogP contribution < -0.4 is 0 Å². The minimum Gasteiger partial charge on any atom is -0.340 e. The number of aromatic nitrogens is 4. The van der Waals surface area contributed by atoms with Gasteiger partial charge in [0.2, 0.25) is 0 Å². The molecule has 0 spiro atoms. The van der Waals surface area contributed by atoms with Crippen LogP contribution in [0.25, 0.3) is 16.2 Å². The lowest BCUT2D eigenvalue weighted by Crippen LogP contribution is -2.29. The number of hydrogen-bond donors (Lipinski definition) is 1. The summed E-state index contributed by atoms with van der Waals surface area (Å²) in [6, 6.07) is 8.14. The Labute approximate surface area is 155 Å². The summed E-state index contributed by atoms with van der Waals surface area (Å²) in [5.41, 5.74) is 4.89. The van der Waals surface area contributed by atoms with Crippen molar-refractivity contribution in [2.45, 2.75) is 13.3 Å². The second-order valence-corrected chi connectivity index (χ2v) is 7.13. The highest BCUT2D eigenvalue weighted by atomic mass is 32.1. The van der Waals surface area contributed by atoms with Crippen LogP contribution in [-0.2, 0) is 6.42 Å². The second-order valence-electron chi connectivity index (χ2n) is 6.30. The fraction of sp³-hybridized carbons (Fsp3) is 0.211. The van der Waals surface area contributed by atoms with E-state index in [0.29, 0.717) is 12.2 Å². The van der Waals surface area contributed by atoms with E-state index in [4.69, 9.17) is 4.98 Å². The predicted octanol–water partition coefficient (Wildman–Crippen LogP) is 3.41. The van der Waals surface area contributed by atoms with Crippen LogP contribution in [0.1, 0.15) is 21.6 Å². The number of fused-ring (bicyclic) bond motifs is 1. The van der Waals surface area contributed by atoms with Gasteiger partial charge in [-0.1, -0.05) is 24.3 Å². The van der Waals surface area contributed by atoms with Crippen molar-refractivity contribution in [3.05, 3.63) is 65.1 Å². The Morgan fingerprint density at radius 2 is 2.19 bits per heavy atom. The third-order valence-electron chi connectivity index (χ3n) is 4.49. The summed E-state index contributed by atoms with van der Waals surface area (Å²) in [5.74, 6) is -0.00604. The Balaban J connectivity index is 1.58. The average molecular weight is 365 g/mol. The number of imidazole rings is 1. The van der Waals surface area contributed by atoms with Gasteiger partial charge < -0.3 is 4.90 Å². The van der Waals surface area contributed by atoms with Gasteiger partial charge in [0.05, 0.1) is 11.9 Å². The first kappa shape index (κ1) is 16.5. The normalized spacial score (nSPS) is 11.2. The number of rotatable bonds is 5. The van der Waals surface area contributed by atoms with E-state index in [2.05, 4.69) is 29.3 Å². The molecule has 4 aromatic rings. The lowest BCUT2D eigenvalue weighted by molar-refractivity contribution is 0.0790. The van der Waals surface area contributed by atoms with Crippen LogP contribution in [0.2, 0.25) is 0 Å². The van der Waals surface area contributed by atoms with Crippen molar-refractivity contribution in [2.75, 3.05) is 13.6 Å². The molecule has 7 heteroatoms. The van der Waals surface area contributed by atoms with Gasteiger partial charge in [-0.2, -0.15) is 5.10 Å². The number of aromatic amines is 1. The number of thiazole rings is 1. The van der Waals surface area contributed by atoms with Gasteiger partial charge in [-0.05, 0) is 24.5 Å². The van der Waals surface area contributed by atoms with Gasteiger partial charge in [0.25, 0.3) is 5.91 Å².